The molecule has 2 rings (SSSR count). The molecule has 2 atom stereocenters. The second-order valence-corrected chi connectivity index (χ2v) is 5.52. The van der Waals surface area contributed by atoms with Crippen molar-refractivity contribution in [1.82, 2.24) is 0 Å². The second kappa shape index (κ2) is 4.50. The number of rotatable bonds is 1. The largest absolute Gasteiger partial charge is 0.481 e. The zero-order valence-electron chi connectivity index (χ0n) is 9.49. The molecular weight excluding hydrogens is 265 g/mol. The maximum atomic E-state index is 12.8. The molecule has 0 fully saturated rings. The number of carboxylic acids is 1. The fraction of sp³-hybridized carbons (Fsp3) is 0.417. The number of carboxylic acid groups (broad SMARTS) is 1. The maximum Gasteiger partial charge on any atom is 0.401 e. The van der Waals surface area contributed by atoms with Crippen molar-refractivity contribution in [2.75, 3.05) is 0 Å². The molecule has 0 amide bonds. The van der Waals surface area contributed by atoms with Gasteiger partial charge in [0.05, 0.1) is 5.92 Å². The molecule has 1 aromatic rings. The molecule has 18 heavy (non-hydrogen) atoms. The van der Waals surface area contributed by atoms with Crippen molar-refractivity contribution in [3.05, 3.63) is 29.3 Å². The van der Waals surface area contributed by atoms with Gasteiger partial charge in [0.1, 0.15) is 5.25 Å². The highest BCUT2D eigenvalue weighted by atomic mass is 32.2. The minimum absolute atomic E-state index is 0.0659. The van der Waals surface area contributed by atoms with Gasteiger partial charge in [-0.15, -0.1) is 11.8 Å². The molecule has 1 N–H and O–H groups in total. The van der Waals surface area contributed by atoms with Crippen LogP contribution >= 0.6 is 11.8 Å². The van der Waals surface area contributed by atoms with Crippen molar-refractivity contribution in [2.24, 2.45) is 5.92 Å². The minimum atomic E-state index is -4.50. The summed E-state index contributed by atoms with van der Waals surface area (Å²) in [5, 5.41) is 7.08. The Kier molecular flexibility index (Phi) is 3.31. The van der Waals surface area contributed by atoms with E-state index in [0.717, 1.165) is 5.56 Å². The summed E-state index contributed by atoms with van der Waals surface area (Å²) in [5.41, 5.74) is 1.61. The van der Waals surface area contributed by atoms with Crippen molar-refractivity contribution < 1.29 is 23.1 Å². The van der Waals surface area contributed by atoms with E-state index in [2.05, 4.69) is 0 Å². The van der Waals surface area contributed by atoms with Crippen molar-refractivity contribution in [1.29, 1.82) is 0 Å². The third-order valence-electron chi connectivity index (χ3n) is 2.92. The normalized spacial score (nSPS) is 23.6. The molecule has 1 aliphatic heterocycles. The van der Waals surface area contributed by atoms with Crippen LogP contribution in [-0.4, -0.2) is 22.5 Å². The lowest BCUT2D eigenvalue weighted by atomic mass is 9.94. The van der Waals surface area contributed by atoms with Crippen LogP contribution in [0.25, 0.3) is 0 Å². The van der Waals surface area contributed by atoms with Gasteiger partial charge in [-0.1, -0.05) is 17.7 Å². The number of benzene rings is 1. The van der Waals surface area contributed by atoms with Crippen LogP contribution in [0.4, 0.5) is 13.2 Å². The van der Waals surface area contributed by atoms with Gasteiger partial charge in [0, 0.05) is 4.90 Å². The van der Waals surface area contributed by atoms with E-state index >= 15 is 0 Å². The van der Waals surface area contributed by atoms with Crippen molar-refractivity contribution in [2.45, 2.75) is 29.7 Å². The smallest absolute Gasteiger partial charge is 0.401 e. The first-order chi connectivity index (χ1) is 8.29. The van der Waals surface area contributed by atoms with E-state index in [9.17, 15) is 18.0 Å². The highest BCUT2D eigenvalue weighted by Gasteiger charge is 2.50. The van der Waals surface area contributed by atoms with Gasteiger partial charge in [0.15, 0.2) is 0 Å². The molecule has 1 aliphatic rings. The predicted octanol–water partition coefficient (Wildman–Crippen LogP) is 3.27. The summed E-state index contributed by atoms with van der Waals surface area (Å²) < 4.78 is 38.5. The predicted molar refractivity (Wildman–Crippen MR) is 61.7 cm³/mol. The Morgan fingerprint density at radius 2 is 2.11 bits per heavy atom. The third-order valence-corrected chi connectivity index (χ3v) is 4.42. The summed E-state index contributed by atoms with van der Waals surface area (Å²) >= 11 is 0.603. The standard InChI is InChI=1S/C12H11F3O2S/c1-6-2-3-9-7(4-6)5-8(11(16)17)10(18-9)12(13,14)15/h2-4,8,10H,5H2,1H3,(H,16,17). The number of aliphatic carboxylic acids is 1. The zero-order valence-corrected chi connectivity index (χ0v) is 10.3. The Morgan fingerprint density at radius 3 is 2.67 bits per heavy atom. The molecule has 0 spiro atoms. The Labute approximate surface area is 106 Å². The topological polar surface area (TPSA) is 37.3 Å². The van der Waals surface area contributed by atoms with Gasteiger partial charge in [0.25, 0.3) is 0 Å². The van der Waals surface area contributed by atoms with Crippen LogP contribution in [0.15, 0.2) is 23.1 Å². The van der Waals surface area contributed by atoms with Gasteiger partial charge < -0.3 is 5.11 Å². The van der Waals surface area contributed by atoms with E-state index in [1.165, 1.54) is 0 Å². The molecule has 0 saturated heterocycles. The van der Waals surface area contributed by atoms with Crippen molar-refractivity contribution in [3.63, 3.8) is 0 Å². The molecule has 0 bridgehead atoms. The summed E-state index contributed by atoms with van der Waals surface area (Å²) in [5.74, 6) is -2.80. The van der Waals surface area contributed by atoms with E-state index in [4.69, 9.17) is 5.11 Å². The summed E-state index contributed by atoms with van der Waals surface area (Å²) in [6.45, 7) is 1.83. The highest BCUT2D eigenvalue weighted by molar-refractivity contribution is 8.00. The van der Waals surface area contributed by atoms with Gasteiger partial charge in [-0.3, -0.25) is 4.79 Å². The third kappa shape index (κ3) is 2.48. The average Bonchev–Trinajstić information content (AvgIpc) is 2.25. The first kappa shape index (κ1) is 13.3. The number of fused-ring (bicyclic) bond motifs is 1. The fourth-order valence-corrected chi connectivity index (χ4v) is 3.28. The van der Waals surface area contributed by atoms with Crippen LogP contribution in [-0.2, 0) is 11.2 Å². The number of aryl methyl sites for hydroxylation is 1. The van der Waals surface area contributed by atoms with Crippen LogP contribution in [0.2, 0.25) is 0 Å². The fourth-order valence-electron chi connectivity index (χ4n) is 2.06. The Bertz CT molecular complexity index is 485. The molecule has 0 aromatic heterocycles. The van der Waals surface area contributed by atoms with Crippen LogP contribution in [0.5, 0.6) is 0 Å². The Morgan fingerprint density at radius 1 is 1.44 bits per heavy atom. The van der Waals surface area contributed by atoms with Gasteiger partial charge in [0.2, 0.25) is 0 Å². The van der Waals surface area contributed by atoms with Crippen molar-refractivity contribution >= 4 is 17.7 Å². The molecule has 0 saturated carbocycles. The van der Waals surface area contributed by atoms with Crippen LogP contribution in [0.3, 0.4) is 0 Å². The van der Waals surface area contributed by atoms with Crippen molar-refractivity contribution in [3.8, 4) is 0 Å². The maximum absolute atomic E-state index is 12.8. The SMILES string of the molecule is Cc1ccc2c(c1)CC(C(=O)O)C(C(F)(F)F)S2. The Balaban J connectivity index is 2.40. The lowest BCUT2D eigenvalue weighted by molar-refractivity contribution is -0.160. The van der Waals surface area contributed by atoms with E-state index < -0.39 is 23.3 Å². The number of carbonyl (C=O) groups is 1. The number of thioether (sulfide) groups is 1. The van der Waals surface area contributed by atoms with E-state index in [-0.39, 0.29) is 6.42 Å². The zero-order chi connectivity index (χ0) is 13.5. The first-order valence-corrected chi connectivity index (χ1v) is 6.22. The molecule has 98 valence electrons. The monoisotopic (exact) mass is 276 g/mol. The molecule has 6 heteroatoms. The Hall–Kier alpha value is -1.17. The lowest BCUT2D eigenvalue weighted by Gasteiger charge is -2.31. The summed E-state index contributed by atoms with van der Waals surface area (Å²) in [4.78, 5) is 11.5. The molecule has 2 nitrogen and oxygen atoms in total. The van der Waals surface area contributed by atoms with Gasteiger partial charge >= 0.3 is 12.1 Å². The highest BCUT2D eigenvalue weighted by Crippen LogP contribution is 2.46. The second-order valence-electron chi connectivity index (χ2n) is 4.34. The minimum Gasteiger partial charge on any atom is -0.481 e. The quantitative estimate of drug-likeness (QED) is 0.855. The lowest BCUT2D eigenvalue weighted by Crippen LogP contribution is -2.41. The number of alkyl halides is 3. The number of hydrogen-bond acceptors (Lipinski definition) is 2. The van der Waals surface area contributed by atoms with Gasteiger partial charge in [-0.25, -0.2) is 0 Å². The molecule has 2 unspecified atom stereocenters. The van der Waals surface area contributed by atoms with Gasteiger partial charge in [-0.05, 0) is 25.0 Å². The van der Waals surface area contributed by atoms with Crippen LogP contribution in [0, 0.1) is 12.8 Å². The first-order valence-electron chi connectivity index (χ1n) is 5.35. The summed E-state index contributed by atoms with van der Waals surface area (Å²) in [6.07, 6.45) is -4.57. The summed E-state index contributed by atoms with van der Waals surface area (Å²) in [7, 11) is 0. The van der Waals surface area contributed by atoms with E-state index in [1.54, 1.807) is 18.2 Å². The molecule has 1 aromatic carbocycles. The van der Waals surface area contributed by atoms with Gasteiger partial charge in [-0.2, -0.15) is 13.2 Å². The number of halogens is 3. The van der Waals surface area contributed by atoms with E-state index in [0.29, 0.717) is 22.2 Å². The molecule has 1 heterocycles. The summed E-state index contributed by atoms with van der Waals surface area (Å²) in [6, 6.07) is 5.12. The van der Waals surface area contributed by atoms with Crippen LogP contribution < -0.4 is 0 Å². The average molecular weight is 276 g/mol. The molecule has 0 aliphatic carbocycles. The molecular formula is C12H11F3O2S. The van der Waals surface area contributed by atoms with Crippen LogP contribution in [0.1, 0.15) is 11.1 Å². The van der Waals surface area contributed by atoms with E-state index in [1.807, 2.05) is 6.92 Å². The molecule has 0 radical (unpaired) electrons. The number of hydrogen-bond donors (Lipinski definition) is 1.